The molecule has 0 aliphatic carbocycles. The van der Waals surface area contributed by atoms with E-state index in [1.807, 2.05) is 5.32 Å². The second-order valence-corrected chi connectivity index (χ2v) is 9.79. The van der Waals surface area contributed by atoms with Gasteiger partial charge in [-0.15, -0.1) is 0 Å². The average molecular weight is 607 g/mol. The maximum absolute atomic E-state index is 12.1. The van der Waals surface area contributed by atoms with Crippen LogP contribution in [0.15, 0.2) is 31.4 Å². The number of halogens is 3. The number of hydrogen-bond donors (Lipinski definition) is 4. The van der Waals surface area contributed by atoms with Gasteiger partial charge in [0, 0.05) is 13.1 Å². The number of anilines is 1. The van der Waals surface area contributed by atoms with Gasteiger partial charge in [0.1, 0.15) is 24.6 Å². The highest BCUT2D eigenvalue weighted by atomic mass is 31.2. The molecule has 41 heavy (non-hydrogen) atoms. The summed E-state index contributed by atoms with van der Waals surface area (Å²) in [5.74, 6) is -1.59. The minimum absolute atomic E-state index is 0.0698. The Morgan fingerprint density at radius 3 is 2.49 bits per heavy atom. The summed E-state index contributed by atoms with van der Waals surface area (Å²) in [6.07, 6.45) is -0.789. The maximum atomic E-state index is 12.1. The van der Waals surface area contributed by atoms with Gasteiger partial charge in [0.05, 0.1) is 20.8 Å². The van der Waals surface area contributed by atoms with Crippen LogP contribution in [-0.4, -0.2) is 84.8 Å². The standard InChI is InChI=1S/C18H26F3N6O8P.C3H3N2/c19-18(20,21)17(30)23-6-4-2-1-3-5-22-14-11-15(25-8-24-14)27(9-26-11)16-13(29)12(28)10(35-16)7-34-36(31,32)33;1-2-5-3-4-1/h8-10,12-13,16,28-29H,1-7H2,(H,23,30)(H,22,24,25)(H2,31,32,33);1-3H/q;-1/p-2/t10-,12-,13-,16-;/m1./s1. The number of aromatic nitrogens is 6. The lowest BCUT2D eigenvalue weighted by Crippen LogP contribution is -2.37. The fraction of sp³-hybridized carbons (Fsp3) is 0.571. The van der Waals surface area contributed by atoms with Crippen molar-refractivity contribution in [2.24, 2.45) is 0 Å². The SMILES string of the molecule is O=C(NCCCCCCNc1ncnc2c1ncn2[C@@H]1O[C@H](COP(=O)([O-])[O-])[C@@H](O)[C@H]1O)C(F)(F)F.c1c[n-]cn1. The number of amides is 1. The Balaban J connectivity index is 0.000000832. The molecule has 1 saturated heterocycles. The summed E-state index contributed by atoms with van der Waals surface area (Å²) in [4.78, 5) is 51.8. The van der Waals surface area contributed by atoms with Crippen molar-refractivity contribution in [2.75, 3.05) is 25.0 Å². The van der Waals surface area contributed by atoms with Crippen LogP contribution < -0.4 is 25.4 Å². The molecule has 4 heterocycles. The summed E-state index contributed by atoms with van der Waals surface area (Å²) < 4.78 is 57.9. The van der Waals surface area contributed by atoms with E-state index in [9.17, 15) is 42.5 Å². The van der Waals surface area contributed by atoms with Crippen LogP contribution in [0.2, 0.25) is 0 Å². The minimum atomic E-state index is -5.30. The largest absolute Gasteiger partial charge is 0.790 e. The number of imidazole rings is 2. The molecule has 3 aromatic heterocycles. The molecule has 0 radical (unpaired) electrons. The van der Waals surface area contributed by atoms with E-state index >= 15 is 0 Å². The van der Waals surface area contributed by atoms with Gasteiger partial charge in [0.25, 0.3) is 0 Å². The molecule has 16 nitrogen and oxygen atoms in total. The number of aliphatic hydroxyl groups excluding tert-OH is 2. The Morgan fingerprint density at radius 2 is 1.88 bits per heavy atom. The van der Waals surface area contributed by atoms with Crippen LogP contribution in [0, 0.1) is 0 Å². The number of carbonyl (C=O) groups is 1. The van der Waals surface area contributed by atoms with Gasteiger partial charge in [-0.25, -0.2) is 15.0 Å². The van der Waals surface area contributed by atoms with Crippen molar-refractivity contribution in [2.45, 2.75) is 56.4 Å². The molecule has 1 aliphatic heterocycles. The highest BCUT2D eigenvalue weighted by molar-refractivity contribution is 7.43. The number of alkyl halides is 3. The number of hydrogen-bond acceptors (Lipinski definition) is 13. The van der Waals surface area contributed by atoms with Crippen LogP contribution >= 0.6 is 7.82 Å². The first-order valence-electron chi connectivity index (χ1n) is 12.2. The molecule has 0 bridgehead atoms. The van der Waals surface area contributed by atoms with Gasteiger partial charge >= 0.3 is 12.1 Å². The zero-order valence-corrected chi connectivity index (χ0v) is 22.1. The summed E-state index contributed by atoms with van der Waals surface area (Å²) in [6.45, 7) is -0.388. The number of phosphoric acid groups is 1. The van der Waals surface area contributed by atoms with Gasteiger partial charge in [-0.3, -0.25) is 9.36 Å². The van der Waals surface area contributed by atoms with Crippen LogP contribution in [0.4, 0.5) is 19.0 Å². The minimum Gasteiger partial charge on any atom is -0.790 e. The Bertz CT molecular complexity index is 1260. The Kier molecular flexibility index (Phi) is 11.5. The van der Waals surface area contributed by atoms with Crippen LogP contribution in [-0.2, 0) is 18.6 Å². The topological polar surface area (TPSA) is 234 Å². The van der Waals surface area contributed by atoms with Gasteiger partial charge in [-0.1, -0.05) is 31.6 Å². The first-order valence-corrected chi connectivity index (χ1v) is 13.7. The van der Waals surface area contributed by atoms with Crippen LogP contribution in [0.1, 0.15) is 31.9 Å². The van der Waals surface area contributed by atoms with Crippen LogP contribution in [0.5, 0.6) is 0 Å². The summed E-state index contributed by atoms with van der Waals surface area (Å²) in [6, 6.07) is 0. The van der Waals surface area contributed by atoms with E-state index in [4.69, 9.17) is 4.74 Å². The van der Waals surface area contributed by atoms with Crippen molar-refractivity contribution < 1.29 is 51.8 Å². The number of ether oxygens (including phenoxy) is 1. The number of phosphoric ester groups is 1. The molecule has 1 amide bonds. The summed E-state index contributed by atoms with van der Waals surface area (Å²) in [5, 5.41) is 25.4. The molecule has 4 rings (SSSR count). The first kappa shape index (κ1) is 32.3. The molecule has 228 valence electrons. The Morgan fingerprint density at radius 1 is 1.15 bits per heavy atom. The van der Waals surface area contributed by atoms with Crippen molar-refractivity contribution in [3.05, 3.63) is 31.4 Å². The Labute approximate surface area is 230 Å². The van der Waals surface area contributed by atoms with Crippen molar-refractivity contribution >= 4 is 30.7 Å². The lowest BCUT2D eigenvalue weighted by atomic mass is 10.1. The molecule has 1 aliphatic rings. The van der Waals surface area contributed by atoms with Gasteiger partial charge in [-0.2, -0.15) is 13.2 Å². The first-order chi connectivity index (χ1) is 19.4. The van der Waals surface area contributed by atoms with Gasteiger partial charge in [0.2, 0.25) is 0 Å². The lowest BCUT2D eigenvalue weighted by molar-refractivity contribution is -0.343. The molecule has 0 unspecified atom stereocenters. The van der Waals surface area contributed by atoms with E-state index < -0.39 is 51.1 Å². The molecule has 4 N–H and O–H groups in total. The summed E-state index contributed by atoms with van der Waals surface area (Å²) >= 11 is 0. The lowest BCUT2D eigenvalue weighted by Gasteiger charge is -2.30. The normalized spacial score (nSPS) is 21.0. The van der Waals surface area contributed by atoms with Crippen molar-refractivity contribution in [3.8, 4) is 0 Å². The second kappa shape index (κ2) is 14.6. The van der Waals surface area contributed by atoms with E-state index in [2.05, 4.69) is 34.8 Å². The average Bonchev–Trinajstić information content (AvgIpc) is 3.67. The van der Waals surface area contributed by atoms with E-state index in [-0.39, 0.29) is 12.2 Å². The molecule has 0 saturated carbocycles. The molecule has 20 heteroatoms. The number of nitrogens with one attached hydrogen (secondary N) is 2. The van der Waals surface area contributed by atoms with Crippen LogP contribution in [0.25, 0.3) is 11.2 Å². The third-order valence-electron chi connectivity index (χ3n) is 5.68. The molecular formula is C21H27F3N8O8P-3. The smallest absolute Gasteiger partial charge is 0.471 e. The fourth-order valence-electron chi connectivity index (χ4n) is 3.73. The second-order valence-electron chi connectivity index (χ2n) is 8.64. The van der Waals surface area contributed by atoms with Gasteiger partial charge in [0.15, 0.2) is 23.2 Å². The van der Waals surface area contributed by atoms with E-state index in [0.29, 0.717) is 43.6 Å². The monoisotopic (exact) mass is 607 g/mol. The number of fused-ring (bicyclic) bond motifs is 1. The predicted molar refractivity (Wildman–Crippen MR) is 128 cm³/mol. The van der Waals surface area contributed by atoms with E-state index in [1.165, 1.54) is 23.5 Å². The number of rotatable bonds is 12. The van der Waals surface area contributed by atoms with Gasteiger partial charge < -0.3 is 54.4 Å². The quantitative estimate of drug-likeness (QED) is 0.143. The maximum Gasteiger partial charge on any atom is 0.471 e. The van der Waals surface area contributed by atoms with Crippen molar-refractivity contribution in [1.29, 1.82) is 0 Å². The fourth-order valence-corrected chi connectivity index (χ4v) is 4.06. The van der Waals surface area contributed by atoms with E-state index in [0.717, 1.165) is 0 Å². The zero-order chi connectivity index (χ0) is 30.0. The molecule has 1 fully saturated rings. The van der Waals surface area contributed by atoms with E-state index in [1.54, 1.807) is 12.4 Å². The number of aliphatic hydroxyl groups is 2. The predicted octanol–water partition coefficient (Wildman–Crippen LogP) is -1.02. The number of unbranched alkanes of at least 4 members (excludes halogenated alkanes) is 3. The number of carbonyl (C=O) groups excluding carboxylic acids is 1. The third kappa shape index (κ3) is 9.70. The van der Waals surface area contributed by atoms with Crippen molar-refractivity contribution in [3.63, 3.8) is 0 Å². The van der Waals surface area contributed by atoms with Crippen molar-refractivity contribution in [1.82, 2.24) is 34.8 Å². The molecular weight excluding hydrogens is 580 g/mol. The molecule has 4 atom stereocenters. The zero-order valence-electron chi connectivity index (χ0n) is 21.3. The Hall–Kier alpha value is -3.19. The highest BCUT2D eigenvalue weighted by Crippen LogP contribution is 2.34. The summed E-state index contributed by atoms with van der Waals surface area (Å²) in [5.41, 5.74) is 0.560. The van der Waals surface area contributed by atoms with Crippen LogP contribution in [0.3, 0.4) is 0 Å². The third-order valence-corrected chi connectivity index (χ3v) is 6.14. The van der Waals surface area contributed by atoms with Gasteiger partial charge in [-0.05, 0) is 12.8 Å². The molecule has 3 aromatic rings. The highest BCUT2D eigenvalue weighted by Gasteiger charge is 2.44. The number of nitrogens with zero attached hydrogens (tertiary/aromatic N) is 6. The summed E-state index contributed by atoms with van der Waals surface area (Å²) in [7, 11) is -5.30. The molecule has 0 spiro atoms. The molecule has 0 aromatic carbocycles.